The lowest BCUT2D eigenvalue weighted by atomic mass is 10.0. The Bertz CT molecular complexity index is 59.0. The molecule has 0 aromatic carbocycles. The highest BCUT2D eigenvalue weighted by molar-refractivity contribution is 4.66. The average Bonchev–Trinajstić information content (AvgIpc) is 1.64. The van der Waals surface area contributed by atoms with Crippen LogP contribution in [0, 0.1) is 6.92 Å². The Balaban J connectivity index is 3.43. The van der Waals surface area contributed by atoms with E-state index in [-0.39, 0.29) is 5.60 Å². The molecule has 0 rings (SSSR count). The molecular weight excluding hydrogens is 112 g/mol. The van der Waals surface area contributed by atoms with Crippen molar-refractivity contribution in [1.82, 2.24) is 0 Å². The lowest BCUT2D eigenvalue weighted by molar-refractivity contribution is -0.00854. The third-order valence-electron chi connectivity index (χ3n) is 1.34. The van der Waals surface area contributed by atoms with E-state index < -0.39 is 0 Å². The van der Waals surface area contributed by atoms with E-state index in [4.69, 9.17) is 4.74 Å². The fraction of sp³-hybridized carbons (Fsp3) is 0.875. The van der Waals surface area contributed by atoms with Crippen molar-refractivity contribution in [2.75, 3.05) is 6.61 Å². The van der Waals surface area contributed by atoms with Gasteiger partial charge in [-0.1, -0.05) is 13.3 Å². The molecule has 0 aliphatic rings. The fourth-order valence-corrected chi connectivity index (χ4v) is 0.951. The third kappa shape index (κ3) is 4.46. The first kappa shape index (κ1) is 8.96. The highest BCUT2D eigenvalue weighted by Crippen LogP contribution is 2.15. The predicted molar refractivity (Wildman–Crippen MR) is 40.3 cm³/mol. The molecule has 0 aromatic rings. The smallest absolute Gasteiger partial charge is 0.0626 e. The molecule has 0 unspecified atom stereocenters. The van der Waals surface area contributed by atoms with Gasteiger partial charge in [0, 0.05) is 6.61 Å². The number of ether oxygens (including phenoxy) is 1. The zero-order chi connectivity index (χ0) is 7.33. The first-order valence-corrected chi connectivity index (χ1v) is 3.55. The monoisotopic (exact) mass is 129 g/mol. The zero-order valence-corrected chi connectivity index (χ0v) is 6.74. The predicted octanol–water partition coefficient (Wildman–Crippen LogP) is 2.42. The molecule has 1 heteroatoms. The van der Waals surface area contributed by atoms with Crippen LogP contribution in [0.1, 0.15) is 33.6 Å². The second-order valence-corrected chi connectivity index (χ2v) is 2.86. The maximum absolute atomic E-state index is 5.36. The first-order valence-electron chi connectivity index (χ1n) is 3.55. The van der Waals surface area contributed by atoms with Gasteiger partial charge in [0.05, 0.1) is 5.60 Å². The third-order valence-corrected chi connectivity index (χ3v) is 1.34. The van der Waals surface area contributed by atoms with Gasteiger partial charge in [-0.3, -0.25) is 0 Å². The SMILES string of the molecule is [CH2]COC(C)(C)CCC. The lowest BCUT2D eigenvalue weighted by Crippen LogP contribution is -2.23. The van der Waals surface area contributed by atoms with Crippen LogP contribution < -0.4 is 0 Å². The van der Waals surface area contributed by atoms with E-state index in [9.17, 15) is 0 Å². The molecule has 0 aliphatic carbocycles. The van der Waals surface area contributed by atoms with E-state index in [1.54, 1.807) is 0 Å². The van der Waals surface area contributed by atoms with Crippen LogP contribution in [-0.2, 0) is 4.74 Å². The summed E-state index contributed by atoms with van der Waals surface area (Å²) >= 11 is 0. The van der Waals surface area contributed by atoms with Crippen molar-refractivity contribution in [1.29, 1.82) is 0 Å². The normalized spacial score (nSPS) is 12.0. The van der Waals surface area contributed by atoms with E-state index >= 15 is 0 Å². The van der Waals surface area contributed by atoms with Crippen molar-refractivity contribution in [3.05, 3.63) is 6.92 Å². The van der Waals surface area contributed by atoms with Crippen molar-refractivity contribution >= 4 is 0 Å². The largest absolute Gasteiger partial charge is 0.376 e. The van der Waals surface area contributed by atoms with Crippen molar-refractivity contribution < 1.29 is 4.74 Å². The average molecular weight is 129 g/mol. The van der Waals surface area contributed by atoms with Crippen molar-refractivity contribution in [2.45, 2.75) is 39.2 Å². The van der Waals surface area contributed by atoms with Gasteiger partial charge in [-0.05, 0) is 27.2 Å². The number of hydrogen-bond donors (Lipinski definition) is 0. The van der Waals surface area contributed by atoms with Crippen LogP contribution in [0.25, 0.3) is 0 Å². The maximum atomic E-state index is 5.36. The quantitative estimate of drug-likeness (QED) is 0.566. The summed E-state index contributed by atoms with van der Waals surface area (Å²) in [5.41, 5.74) is 0.0382. The first-order chi connectivity index (χ1) is 4.12. The van der Waals surface area contributed by atoms with Crippen LogP contribution in [0.3, 0.4) is 0 Å². The minimum absolute atomic E-state index is 0.0382. The summed E-state index contributed by atoms with van der Waals surface area (Å²) in [6.07, 6.45) is 2.29. The maximum Gasteiger partial charge on any atom is 0.0626 e. The highest BCUT2D eigenvalue weighted by atomic mass is 16.5. The van der Waals surface area contributed by atoms with Gasteiger partial charge in [0.2, 0.25) is 0 Å². The molecule has 0 atom stereocenters. The summed E-state index contributed by atoms with van der Waals surface area (Å²) in [6.45, 7) is 10.6. The molecular formula is C8H17O. The van der Waals surface area contributed by atoms with Crippen molar-refractivity contribution in [3.63, 3.8) is 0 Å². The topological polar surface area (TPSA) is 9.23 Å². The van der Waals surface area contributed by atoms with E-state index in [0.29, 0.717) is 6.61 Å². The Morgan fingerprint density at radius 3 is 2.33 bits per heavy atom. The van der Waals surface area contributed by atoms with Crippen molar-refractivity contribution in [2.24, 2.45) is 0 Å². The van der Waals surface area contributed by atoms with E-state index in [1.165, 1.54) is 6.42 Å². The van der Waals surface area contributed by atoms with Crippen LogP contribution in [0.4, 0.5) is 0 Å². The van der Waals surface area contributed by atoms with Gasteiger partial charge in [0.25, 0.3) is 0 Å². The summed E-state index contributed by atoms with van der Waals surface area (Å²) in [4.78, 5) is 0. The Morgan fingerprint density at radius 2 is 2.00 bits per heavy atom. The van der Waals surface area contributed by atoms with Gasteiger partial charge in [0.1, 0.15) is 0 Å². The molecule has 0 N–H and O–H groups in total. The Kier molecular flexibility index (Phi) is 3.87. The van der Waals surface area contributed by atoms with Gasteiger partial charge in [0.15, 0.2) is 0 Å². The molecule has 0 fully saturated rings. The minimum atomic E-state index is 0.0382. The van der Waals surface area contributed by atoms with E-state index in [1.807, 2.05) is 0 Å². The Hall–Kier alpha value is -0.0400. The fourth-order valence-electron chi connectivity index (χ4n) is 0.951. The summed E-state index contributed by atoms with van der Waals surface area (Å²) in [7, 11) is 0. The highest BCUT2D eigenvalue weighted by Gasteiger charge is 2.14. The molecule has 0 saturated heterocycles. The molecule has 0 spiro atoms. The molecule has 1 nitrogen and oxygen atoms in total. The van der Waals surface area contributed by atoms with Crippen LogP contribution in [0.2, 0.25) is 0 Å². The van der Waals surface area contributed by atoms with Crippen LogP contribution in [0.15, 0.2) is 0 Å². The number of rotatable bonds is 4. The summed E-state index contributed by atoms with van der Waals surface area (Å²) < 4.78 is 5.36. The molecule has 0 amide bonds. The minimum Gasteiger partial charge on any atom is -0.376 e. The van der Waals surface area contributed by atoms with Crippen LogP contribution in [-0.4, -0.2) is 12.2 Å². The zero-order valence-electron chi connectivity index (χ0n) is 6.74. The number of hydrogen-bond acceptors (Lipinski definition) is 1. The second-order valence-electron chi connectivity index (χ2n) is 2.86. The molecule has 0 saturated carbocycles. The Labute approximate surface area is 58.4 Å². The summed E-state index contributed by atoms with van der Waals surface area (Å²) in [5, 5.41) is 0. The van der Waals surface area contributed by atoms with Crippen LogP contribution >= 0.6 is 0 Å². The van der Waals surface area contributed by atoms with Gasteiger partial charge in [-0.25, -0.2) is 0 Å². The van der Waals surface area contributed by atoms with Gasteiger partial charge < -0.3 is 4.74 Å². The molecule has 0 bridgehead atoms. The van der Waals surface area contributed by atoms with E-state index in [0.717, 1.165) is 6.42 Å². The molecule has 0 aliphatic heterocycles. The van der Waals surface area contributed by atoms with Crippen LogP contribution in [0.5, 0.6) is 0 Å². The van der Waals surface area contributed by atoms with E-state index in [2.05, 4.69) is 27.7 Å². The van der Waals surface area contributed by atoms with Gasteiger partial charge in [-0.2, -0.15) is 0 Å². The lowest BCUT2D eigenvalue weighted by Gasteiger charge is -2.23. The molecule has 9 heavy (non-hydrogen) atoms. The molecule has 55 valence electrons. The summed E-state index contributed by atoms with van der Waals surface area (Å²) in [6, 6.07) is 0. The second kappa shape index (κ2) is 3.89. The van der Waals surface area contributed by atoms with Crippen molar-refractivity contribution in [3.8, 4) is 0 Å². The molecule has 0 aromatic heterocycles. The summed E-state index contributed by atoms with van der Waals surface area (Å²) in [5.74, 6) is 0. The van der Waals surface area contributed by atoms with Gasteiger partial charge >= 0.3 is 0 Å². The molecule has 1 radical (unpaired) electrons. The standard InChI is InChI=1S/C8H17O/c1-5-7-8(3,4)9-6-2/h2,5-7H2,1,3-4H3. The van der Waals surface area contributed by atoms with Gasteiger partial charge in [-0.15, -0.1) is 0 Å². The molecule has 0 heterocycles. The Morgan fingerprint density at radius 1 is 1.44 bits per heavy atom.